The van der Waals surface area contributed by atoms with Crippen molar-refractivity contribution in [3.05, 3.63) is 71.8 Å². The first-order valence-corrected chi connectivity index (χ1v) is 21.4. The van der Waals surface area contributed by atoms with E-state index in [2.05, 4.69) is 5.32 Å². The van der Waals surface area contributed by atoms with E-state index in [4.69, 9.17) is 61.6 Å². The summed E-state index contributed by atoms with van der Waals surface area (Å²) in [6, 6.07) is 11.1. The van der Waals surface area contributed by atoms with Crippen LogP contribution in [0, 0.1) is 0 Å². The Morgan fingerprint density at radius 3 is 1.20 bits per heavy atom. The molecule has 2 aromatic carbocycles. The van der Waals surface area contributed by atoms with Crippen LogP contribution in [0.3, 0.4) is 0 Å². The second kappa shape index (κ2) is 36.1. The molecule has 0 atom stereocenters. The highest BCUT2D eigenvalue weighted by Crippen LogP contribution is 2.32. The van der Waals surface area contributed by atoms with Gasteiger partial charge in [-0.2, -0.15) is 13.2 Å². The van der Waals surface area contributed by atoms with Crippen LogP contribution in [0.15, 0.2) is 60.7 Å². The highest BCUT2D eigenvalue weighted by atomic mass is 19.4. The van der Waals surface area contributed by atoms with Gasteiger partial charge in [0.15, 0.2) is 0 Å². The number of carbonyl (C=O) groups excluding carboxylic acids is 3. The maximum absolute atomic E-state index is 13.1. The lowest BCUT2D eigenvalue weighted by Crippen LogP contribution is -2.33. The Hall–Kier alpha value is -4.10. The zero-order valence-corrected chi connectivity index (χ0v) is 36.8. The second-order valence-corrected chi connectivity index (χ2v) is 13.4. The van der Waals surface area contributed by atoms with E-state index in [-0.39, 0.29) is 56.0 Å². The average molecular weight is 933 g/mol. The van der Waals surface area contributed by atoms with Gasteiger partial charge in [-0.25, -0.2) is 4.79 Å². The smallest absolute Gasteiger partial charge is 0.416 e. The van der Waals surface area contributed by atoms with Crippen LogP contribution in [0.4, 0.5) is 24.5 Å². The van der Waals surface area contributed by atoms with Gasteiger partial charge in [-0.05, 0) is 30.3 Å². The number of nitrogens with zero attached hydrogens (tertiary/aromatic N) is 1. The standard InChI is InChI=1S/C44H63F3N2O16/c45-44(46,47)37-4-3-5-38(36-37)48-40-7-2-1-6-39(40)43(52)65-35-34-64-33-32-63-31-30-62-29-28-61-27-26-60-25-24-59-23-22-58-21-20-57-19-18-56-17-16-55-15-14-54-13-12-53-11-10-49-41(50)8-9-42(49)51/h1-9,36,48H,10-35H2. The minimum Gasteiger partial charge on any atom is -0.460 e. The minimum atomic E-state index is -4.49. The molecule has 0 saturated heterocycles. The zero-order chi connectivity index (χ0) is 46.5. The molecular weight excluding hydrogens is 869 g/mol. The van der Waals surface area contributed by atoms with E-state index in [0.717, 1.165) is 17.0 Å². The van der Waals surface area contributed by atoms with Gasteiger partial charge in [0, 0.05) is 17.8 Å². The number of rotatable bonds is 42. The van der Waals surface area contributed by atoms with Crippen LogP contribution in [0.1, 0.15) is 15.9 Å². The number of halogens is 3. The Morgan fingerprint density at radius 1 is 0.462 bits per heavy atom. The van der Waals surface area contributed by atoms with Crippen LogP contribution in [0.25, 0.3) is 0 Å². The van der Waals surface area contributed by atoms with Crippen LogP contribution in [-0.4, -0.2) is 194 Å². The summed E-state index contributed by atoms with van der Waals surface area (Å²) in [4.78, 5) is 36.6. The summed E-state index contributed by atoms with van der Waals surface area (Å²) in [6.07, 6.45) is -1.99. The fraction of sp³-hybridized carbons (Fsp3) is 0.614. The third-order valence-corrected chi connectivity index (χ3v) is 8.53. The van der Waals surface area contributed by atoms with E-state index in [1.807, 2.05) is 0 Å². The third kappa shape index (κ3) is 27.2. The largest absolute Gasteiger partial charge is 0.460 e. The Morgan fingerprint density at radius 2 is 0.815 bits per heavy atom. The van der Waals surface area contributed by atoms with E-state index in [0.29, 0.717) is 144 Å². The first-order valence-electron chi connectivity index (χ1n) is 21.4. The summed E-state index contributed by atoms with van der Waals surface area (Å²) >= 11 is 0. The molecule has 18 nitrogen and oxygen atoms in total. The lowest BCUT2D eigenvalue weighted by Gasteiger charge is -2.13. The monoisotopic (exact) mass is 932 g/mol. The maximum atomic E-state index is 13.1. The minimum absolute atomic E-state index is 0.0115. The molecule has 1 aliphatic rings. The van der Waals surface area contributed by atoms with Crippen molar-refractivity contribution in [2.45, 2.75) is 6.18 Å². The third-order valence-electron chi connectivity index (χ3n) is 8.53. The van der Waals surface area contributed by atoms with Gasteiger partial charge in [-0.1, -0.05) is 18.2 Å². The predicted octanol–water partition coefficient (Wildman–Crippen LogP) is 3.73. The Kier molecular flexibility index (Phi) is 30.6. The van der Waals surface area contributed by atoms with E-state index < -0.39 is 17.7 Å². The number of esters is 1. The lowest BCUT2D eigenvalue weighted by molar-refractivity contribution is -0.138. The van der Waals surface area contributed by atoms with E-state index >= 15 is 0 Å². The second-order valence-electron chi connectivity index (χ2n) is 13.4. The molecule has 366 valence electrons. The first kappa shape index (κ1) is 55.2. The first-order chi connectivity index (χ1) is 31.8. The predicted molar refractivity (Wildman–Crippen MR) is 227 cm³/mol. The van der Waals surface area contributed by atoms with Crippen LogP contribution in [0.2, 0.25) is 0 Å². The van der Waals surface area contributed by atoms with Crippen molar-refractivity contribution in [2.75, 3.05) is 177 Å². The number of ether oxygens (including phenoxy) is 13. The number of amides is 2. The SMILES string of the molecule is O=C(OCCOCCOCCOCCOCCOCCOCCOCCOCCOCCOCCOCCOCCN1C(=O)C=CC1=O)c1ccccc1Nc1cccc(C(F)(F)F)c1. The summed E-state index contributed by atoms with van der Waals surface area (Å²) in [7, 11) is 0. The number of carbonyl (C=O) groups is 3. The van der Waals surface area contributed by atoms with Crippen molar-refractivity contribution in [1.82, 2.24) is 4.90 Å². The van der Waals surface area contributed by atoms with Crippen molar-refractivity contribution in [2.24, 2.45) is 0 Å². The van der Waals surface area contributed by atoms with Crippen LogP contribution in [0.5, 0.6) is 0 Å². The van der Waals surface area contributed by atoms with Gasteiger partial charge in [0.05, 0.1) is 182 Å². The molecule has 2 amide bonds. The molecule has 2 aromatic rings. The van der Waals surface area contributed by atoms with E-state index in [1.165, 1.54) is 30.4 Å². The number of anilines is 2. The molecule has 0 unspecified atom stereocenters. The molecule has 0 bridgehead atoms. The molecule has 0 radical (unpaired) electrons. The topological polar surface area (TPSA) is 186 Å². The molecule has 0 spiro atoms. The van der Waals surface area contributed by atoms with E-state index in [9.17, 15) is 27.6 Å². The molecular formula is C44H63F3N2O16. The van der Waals surface area contributed by atoms with Crippen LogP contribution < -0.4 is 5.32 Å². The number of benzene rings is 2. The molecule has 21 heteroatoms. The average Bonchev–Trinajstić information content (AvgIpc) is 3.62. The van der Waals surface area contributed by atoms with Gasteiger partial charge in [0.25, 0.3) is 11.8 Å². The molecule has 0 aliphatic carbocycles. The van der Waals surface area contributed by atoms with Gasteiger partial charge in [0.2, 0.25) is 0 Å². The lowest BCUT2D eigenvalue weighted by atomic mass is 10.1. The number of imide groups is 1. The Labute approximate surface area is 377 Å². The van der Waals surface area contributed by atoms with Crippen molar-refractivity contribution in [3.8, 4) is 0 Å². The summed E-state index contributed by atoms with van der Waals surface area (Å²) < 4.78 is 110. The number of alkyl halides is 3. The quantitative estimate of drug-likeness (QED) is 0.0576. The van der Waals surface area contributed by atoms with Crippen molar-refractivity contribution in [3.63, 3.8) is 0 Å². The molecule has 1 aliphatic heterocycles. The molecule has 0 saturated carbocycles. The number of para-hydroxylation sites is 1. The van der Waals surface area contributed by atoms with E-state index in [1.54, 1.807) is 18.2 Å². The Balaban J connectivity index is 0.946. The summed E-state index contributed by atoms with van der Waals surface area (Å²) in [6.45, 7) is 9.81. The van der Waals surface area contributed by atoms with Crippen molar-refractivity contribution >= 4 is 29.2 Å². The summed E-state index contributed by atoms with van der Waals surface area (Å²) in [5.74, 6) is -1.27. The maximum Gasteiger partial charge on any atom is 0.416 e. The molecule has 1 N–H and O–H groups in total. The fourth-order valence-electron chi connectivity index (χ4n) is 5.30. The molecule has 0 fully saturated rings. The molecule has 1 heterocycles. The van der Waals surface area contributed by atoms with Crippen molar-refractivity contribution < 1.29 is 89.1 Å². The van der Waals surface area contributed by atoms with Gasteiger partial charge in [0.1, 0.15) is 6.61 Å². The fourth-order valence-corrected chi connectivity index (χ4v) is 5.30. The Bertz CT molecular complexity index is 1590. The van der Waals surface area contributed by atoms with Crippen LogP contribution in [-0.2, 0) is 77.3 Å². The highest BCUT2D eigenvalue weighted by Gasteiger charge is 2.30. The molecule has 0 aromatic heterocycles. The molecule has 3 rings (SSSR count). The number of nitrogens with one attached hydrogen (secondary N) is 1. The van der Waals surface area contributed by atoms with Gasteiger partial charge in [-0.15, -0.1) is 0 Å². The molecule has 65 heavy (non-hydrogen) atoms. The van der Waals surface area contributed by atoms with Gasteiger partial charge in [-0.3, -0.25) is 14.5 Å². The van der Waals surface area contributed by atoms with Crippen LogP contribution >= 0.6 is 0 Å². The number of hydrogen-bond donors (Lipinski definition) is 1. The highest BCUT2D eigenvalue weighted by molar-refractivity contribution is 6.12. The number of hydrogen-bond acceptors (Lipinski definition) is 17. The normalized spacial score (nSPS) is 12.8. The zero-order valence-electron chi connectivity index (χ0n) is 36.8. The van der Waals surface area contributed by atoms with Gasteiger partial charge >= 0.3 is 12.1 Å². The van der Waals surface area contributed by atoms with Gasteiger partial charge < -0.3 is 66.9 Å². The summed E-state index contributed by atoms with van der Waals surface area (Å²) in [5.41, 5.74) is -0.117. The summed E-state index contributed by atoms with van der Waals surface area (Å²) in [5, 5.41) is 2.86. The van der Waals surface area contributed by atoms with Crippen molar-refractivity contribution in [1.29, 1.82) is 0 Å².